The van der Waals surface area contributed by atoms with Gasteiger partial charge >= 0.3 is 7.82 Å². The molecule has 0 aromatic heterocycles. The van der Waals surface area contributed by atoms with E-state index in [0.29, 0.717) is 17.4 Å². The number of nitrogens with one attached hydrogen (secondary N) is 1. The number of phosphoric acid groups is 1. The molecule has 9 heteroatoms. The Morgan fingerprint density at radius 1 is 0.442 bits per heavy atom. The number of nitrogens with zero attached hydrogens (tertiary/aromatic N) is 1. The largest absolute Gasteiger partial charge is 0.472 e. The van der Waals surface area contributed by atoms with Gasteiger partial charge in [-0.25, -0.2) is 4.57 Å². The van der Waals surface area contributed by atoms with Gasteiger partial charge in [-0.05, 0) is 77.0 Å². The molecule has 0 aromatic rings. The standard InChI is InChI=1S/C68H129N2O6P/c1-6-8-10-12-14-16-18-20-22-24-26-28-30-32-34-36-37-39-41-43-45-47-49-51-53-55-57-59-61-67(71)66(65-76-77(73,74)75-64-63-70(3,4)5)69-68(72)62-60-58-56-54-52-50-48-46-44-42-40-38-35-33-31-29-27-25-23-21-19-17-15-13-11-9-7-2/h19,21,25,27,43,45,51,53,59,61,66-67,71H,6-18,20,22-24,26,28-42,44,46-50,52,54-58,60,62-65H2,1-5H3,(H-,69,72,73,74)/p+1/b21-19-,27-25-,45-43+,53-51+,61-59+. The van der Waals surface area contributed by atoms with Gasteiger partial charge in [0, 0.05) is 6.42 Å². The summed E-state index contributed by atoms with van der Waals surface area (Å²) in [5.74, 6) is -0.188. The van der Waals surface area contributed by atoms with E-state index in [2.05, 4.69) is 67.8 Å². The van der Waals surface area contributed by atoms with Gasteiger partial charge in [0.2, 0.25) is 5.91 Å². The molecule has 0 saturated heterocycles. The van der Waals surface area contributed by atoms with Crippen molar-refractivity contribution in [2.24, 2.45) is 0 Å². The number of hydrogen-bond donors (Lipinski definition) is 3. The zero-order valence-electron chi connectivity index (χ0n) is 51.7. The lowest BCUT2D eigenvalue weighted by atomic mass is 10.0. The van der Waals surface area contributed by atoms with Crippen molar-refractivity contribution >= 4 is 13.7 Å². The second kappa shape index (κ2) is 58.8. The molecule has 0 bridgehead atoms. The van der Waals surface area contributed by atoms with Crippen molar-refractivity contribution in [1.29, 1.82) is 0 Å². The summed E-state index contributed by atoms with van der Waals surface area (Å²) in [6.45, 7) is 4.81. The van der Waals surface area contributed by atoms with Crippen LogP contribution in [-0.4, -0.2) is 73.4 Å². The van der Waals surface area contributed by atoms with Crippen LogP contribution < -0.4 is 5.32 Å². The summed E-state index contributed by atoms with van der Waals surface area (Å²) >= 11 is 0. The average molecular weight is 1100 g/mol. The maximum atomic E-state index is 13.0. The van der Waals surface area contributed by atoms with E-state index in [0.717, 1.165) is 51.4 Å². The first kappa shape index (κ1) is 75.2. The summed E-state index contributed by atoms with van der Waals surface area (Å²) in [5, 5.41) is 14.0. The normalized spacial score (nSPS) is 14.1. The lowest BCUT2D eigenvalue weighted by molar-refractivity contribution is -0.870. The number of aliphatic hydroxyl groups excluding tert-OH is 1. The van der Waals surface area contributed by atoms with Crippen LogP contribution >= 0.6 is 7.82 Å². The second-order valence-corrected chi connectivity index (χ2v) is 25.3. The molecule has 0 radical (unpaired) electrons. The topological polar surface area (TPSA) is 105 Å². The molecule has 0 spiro atoms. The zero-order valence-corrected chi connectivity index (χ0v) is 52.6. The van der Waals surface area contributed by atoms with Crippen LogP contribution in [-0.2, 0) is 18.4 Å². The van der Waals surface area contributed by atoms with Gasteiger partial charge in [-0.3, -0.25) is 13.8 Å². The Bertz CT molecular complexity index is 1440. The molecule has 1 amide bonds. The first-order valence-corrected chi connectivity index (χ1v) is 34.7. The highest BCUT2D eigenvalue weighted by Crippen LogP contribution is 2.43. The van der Waals surface area contributed by atoms with Gasteiger partial charge in [-0.15, -0.1) is 0 Å². The fourth-order valence-corrected chi connectivity index (χ4v) is 10.5. The second-order valence-electron chi connectivity index (χ2n) is 23.8. The number of aliphatic hydroxyl groups is 1. The van der Waals surface area contributed by atoms with Gasteiger partial charge in [0.15, 0.2) is 0 Å². The molecule has 452 valence electrons. The van der Waals surface area contributed by atoms with Crippen LogP contribution in [0.1, 0.15) is 316 Å². The van der Waals surface area contributed by atoms with Crippen molar-refractivity contribution in [2.45, 2.75) is 328 Å². The minimum atomic E-state index is -4.37. The van der Waals surface area contributed by atoms with Crippen molar-refractivity contribution in [3.8, 4) is 0 Å². The maximum Gasteiger partial charge on any atom is 0.472 e. The summed E-state index contributed by atoms with van der Waals surface area (Å²) in [5.41, 5.74) is 0. The van der Waals surface area contributed by atoms with Gasteiger partial charge in [0.25, 0.3) is 0 Å². The van der Waals surface area contributed by atoms with Gasteiger partial charge in [0.05, 0.1) is 39.9 Å². The van der Waals surface area contributed by atoms with Crippen molar-refractivity contribution in [1.82, 2.24) is 5.32 Å². The molecule has 77 heavy (non-hydrogen) atoms. The highest BCUT2D eigenvalue weighted by Gasteiger charge is 2.28. The third-order valence-corrected chi connectivity index (χ3v) is 15.9. The van der Waals surface area contributed by atoms with Crippen molar-refractivity contribution < 1.29 is 32.9 Å². The summed E-state index contributed by atoms with van der Waals surface area (Å²) in [7, 11) is 1.55. The molecular formula is C68H130N2O6P+. The number of unbranched alkanes of at least 4 members (excludes halogenated alkanes) is 40. The molecule has 3 unspecified atom stereocenters. The molecule has 3 atom stereocenters. The van der Waals surface area contributed by atoms with Gasteiger partial charge < -0.3 is 19.8 Å². The van der Waals surface area contributed by atoms with Crippen LogP contribution in [0.25, 0.3) is 0 Å². The van der Waals surface area contributed by atoms with Gasteiger partial charge in [0.1, 0.15) is 13.2 Å². The lowest BCUT2D eigenvalue weighted by Crippen LogP contribution is -2.45. The predicted molar refractivity (Wildman–Crippen MR) is 337 cm³/mol. The molecule has 8 nitrogen and oxygen atoms in total. The van der Waals surface area contributed by atoms with E-state index in [-0.39, 0.29) is 19.1 Å². The number of likely N-dealkylation sites (N-methyl/N-ethyl adjacent to an activating group) is 1. The summed E-state index contributed by atoms with van der Waals surface area (Å²) < 4.78 is 23.8. The van der Waals surface area contributed by atoms with Crippen LogP contribution in [0, 0.1) is 0 Å². The molecule has 0 saturated carbocycles. The highest BCUT2D eigenvalue weighted by molar-refractivity contribution is 7.47. The summed E-state index contributed by atoms with van der Waals surface area (Å²) in [6.07, 6.45) is 80.7. The molecule has 0 aliphatic carbocycles. The third-order valence-electron chi connectivity index (χ3n) is 14.9. The molecule has 0 aliphatic heterocycles. The van der Waals surface area contributed by atoms with Crippen molar-refractivity contribution in [3.63, 3.8) is 0 Å². The van der Waals surface area contributed by atoms with Crippen LogP contribution in [0.2, 0.25) is 0 Å². The first-order chi connectivity index (χ1) is 37.5. The minimum Gasteiger partial charge on any atom is -0.387 e. The Hall–Kier alpha value is -1.80. The Morgan fingerprint density at radius 3 is 1.12 bits per heavy atom. The van der Waals surface area contributed by atoms with Crippen molar-refractivity contribution in [2.75, 3.05) is 40.9 Å². The minimum absolute atomic E-state index is 0.0528. The molecular weight excluding hydrogens is 972 g/mol. The number of phosphoric ester groups is 1. The number of amides is 1. The van der Waals surface area contributed by atoms with E-state index < -0.39 is 20.0 Å². The van der Waals surface area contributed by atoms with E-state index >= 15 is 0 Å². The summed E-state index contributed by atoms with van der Waals surface area (Å²) in [4.78, 5) is 23.4. The molecule has 0 aliphatic rings. The number of quaternary nitrogens is 1. The van der Waals surface area contributed by atoms with E-state index in [9.17, 15) is 19.4 Å². The van der Waals surface area contributed by atoms with E-state index in [1.54, 1.807) is 6.08 Å². The maximum absolute atomic E-state index is 13.0. The molecule has 3 N–H and O–H groups in total. The Kier molecular flexibility index (Phi) is 57.5. The van der Waals surface area contributed by atoms with Gasteiger partial charge in [-0.2, -0.15) is 0 Å². The highest BCUT2D eigenvalue weighted by atomic mass is 31.2. The Morgan fingerprint density at radius 2 is 0.753 bits per heavy atom. The van der Waals surface area contributed by atoms with Crippen LogP contribution in [0.3, 0.4) is 0 Å². The monoisotopic (exact) mass is 1100 g/mol. The molecule has 0 fully saturated rings. The van der Waals surface area contributed by atoms with E-state index in [4.69, 9.17) is 9.05 Å². The fraction of sp³-hybridized carbons (Fsp3) is 0.838. The summed E-state index contributed by atoms with van der Waals surface area (Å²) in [6, 6.07) is -0.873. The quantitative estimate of drug-likeness (QED) is 0.0243. The number of carbonyl (C=O) groups excluding carboxylic acids is 1. The lowest BCUT2D eigenvalue weighted by Gasteiger charge is -2.25. The molecule has 0 rings (SSSR count). The van der Waals surface area contributed by atoms with Crippen LogP contribution in [0.4, 0.5) is 0 Å². The third kappa shape index (κ3) is 61.7. The van der Waals surface area contributed by atoms with E-state index in [1.165, 1.54) is 244 Å². The van der Waals surface area contributed by atoms with E-state index in [1.807, 2.05) is 27.2 Å². The number of hydrogen-bond acceptors (Lipinski definition) is 5. The van der Waals surface area contributed by atoms with Crippen LogP contribution in [0.15, 0.2) is 60.8 Å². The molecule has 0 aromatic carbocycles. The zero-order chi connectivity index (χ0) is 56.3. The smallest absolute Gasteiger partial charge is 0.387 e. The van der Waals surface area contributed by atoms with Crippen LogP contribution in [0.5, 0.6) is 0 Å². The Labute approximate surface area is 479 Å². The first-order valence-electron chi connectivity index (χ1n) is 33.2. The van der Waals surface area contributed by atoms with Crippen molar-refractivity contribution in [3.05, 3.63) is 60.8 Å². The molecule has 0 heterocycles. The fourth-order valence-electron chi connectivity index (χ4n) is 9.75. The number of rotatable bonds is 61. The average Bonchev–Trinajstić information content (AvgIpc) is 3.39. The number of carbonyl (C=O) groups is 1. The Balaban J connectivity index is 4.18. The van der Waals surface area contributed by atoms with Gasteiger partial charge in [-0.1, -0.05) is 293 Å². The number of allylic oxidation sites excluding steroid dienone is 9. The SMILES string of the molecule is CCCCCCC/C=C\C/C=C\CCCCCCCCCCCCCCCCCC(=O)NC(COP(=O)(O)OCC[N+](C)(C)C)C(O)/C=C/CC/C=C/CC/C=C/CCCCCCCCCCCCCCCCCCCC. The predicted octanol–water partition coefficient (Wildman–Crippen LogP) is 20.8.